The maximum Gasteiger partial charge on any atom is 0.504 e. The summed E-state index contributed by atoms with van der Waals surface area (Å²) in [6.07, 6.45) is 1.63. The summed E-state index contributed by atoms with van der Waals surface area (Å²) in [5.41, 5.74) is 0. The molecule has 4 heteroatoms. The van der Waals surface area contributed by atoms with Crippen LogP contribution >= 0.6 is 0 Å². The zero-order valence-electron chi connectivity index (χ0n) is 7.53. The number of rotatable bonds is 5. The molecule has 1 nitrogen and oxygen atoms in total. The smallest absolute Gasteiger partial charge is 0.274 e. The molecule has 11 heavy (non-hydrogen) atoms. The Morgan fingerprint density at radius 3 is 1.64 bits per heavy atom. The van der Waals surface area contributed by atoms with Gasteiger partial charge in [0.25, 0.3) is 0 Å². The van der Waals surface area contributed by atoms with Gasteiger partial charge in [-0.3, -0.25) is 12.8 Å². The van der Waals surface area contributed by atoms with Crippen molar-refractivity contribution in [3.05, 3.63) is 0 Å². The molecule has 0 aliphatic carbocycles. The molecule has 0 unspecified atom stereocenters. The van der Waals surface area contributed by atoms with Crippen LogP contribution in [0.25, 0.3) is 0 Å². The van der Waals surface area contributed by atoms with Crippen LogP contribution in [0.3, 0.4) is 0 Å². The summed E-state index contributed by atoms with van der Waals surface area (Å²) in [6.45, 7) is 6.05. The Bertz CT molecular complexity index is 97.1. The van der Waals surface area contributed by atoms with Gasteiger partial charge in [-0.15, -0.1) is 0 Å². The third-order valence-electron chi connectivity index (χ3n) is 1.54. The lowest BCUT2D eigenvalue weighted by Crippen LogP contribution is -2.44. The first-order chi connectivity index (χ1) is 5.02. The minimum absolute atomic E-state index is 0.545. The molecule has 0 aromatic carbocycles. The summed E-state index contributed by atoms with van der Waals surface area (Å²) < 4.78 is 27.0. The van der Waals surface area contributed by atoms with Gasteiger partial charge in [0.05, 0.1) is 0 Å². The molecule has 0 aliphatic rings. The standard InChI is InChI=1S/C7H17F2NSi/c1-4-6-10(7-5-2)11(3,8)9/h4-7H2,1-3H3. The van der Waals surface area contributed by atoms with Crippen molar-refractivity contribution in [2.24, 2.45) is 0 Å². The fourth-order valence-corrected chi connectivity index (χ4v) is 2.28. The minimum Gasteiger partial charge on any atom is -0.274 e. The lowest BCUT2D eigenvalue weighted by Gasteiger charge is -2.24. The molecule has 0 amide bonds. The molecule has 0 rings (SSSR count). The third kappa shape index (κ3) is 4.47. The topological polar surface area (TPSA) is 3.24 Å². The van der Waals surface area contributed by atoms with E-state index in [0.29, 0.717) is 13.1 Å². The summed E-state index contributed by atoms with van der Waals surface area (Å²) >= 11 is 0. The van der Waals surface area contributed by atoms with Crippen molar-refractivity contribution >= 4 is 8.90 Å². The van der Waals surface area contributed by atoms with Crippen LogP contribution in [-0.2, 0) is 0 Å². The van der Waals surface area contributed by atoms with Gasteiger partial charge in [-0.05, 0) is 25.9 Å². The Labute approximate surface area is 68.8 Å². The van der Waals surface area contributed by atoms with Gasteiger partial charge >= 0.3 is 8.90 Å². The average molecular weight is 181 g/mol. The van der Waals surface area contributed by atoms with Crippen molar-refractivity contribution in [2.45, 2.75) is 33.2 Å². The molecule has 0 aromatic heterocycles. The lowest BCUT2D eigenvalue weighted by atomic mass is 10.4. The van der Waals surface area contributed by atoms with E-state index in [4.69, 9.17) is 0 Å². The van der Waals surface area contributed by atoms with Crippen LogP contribution in [0.4, 0.5) is 8.22 Å². The predicted octanol–water partition coefficient (Wildman–Crippen LogP) is 2.62. The second-order valence-corrected chi connectivity index (χ2v) is 5.15. The molecule has 0 spiro atoms. The Hall–Kier alpha value is 0.0369. The quantitative estimate of drug-likeness (QED) is 0.465. The maximum absolute atomic E-state index is 12.8. The number of hydrogen-bond donors (Lipinski definition) is 0. The highest BCUT2D eigenvalue weighted by atomic mass is 28.4. The van der Waals surface area contributed by atoms with Crippen LogP contribution in [0.2, 0.25) is 6.55 Å². The first-order valence-electron chi connectivity index (χ1n) is 4.15. The number of nitrogens with zero attached hydrogens (tertiary/aromatic N) is 1. The molecular formula is C7H17F2NSi. The Balaban J connectivity index is 3.88. The van der Waals surface area contributed by atoms with Crippen molar-refractivity contribution in [1.29, 1.82) is 0 Å². The highest BCUT2D eigenvalue weighted by molar-refractivity contribution is 6.61. The van der Waals surface area contributed by atoms with Gasteiger partial charge in [-0.25, -0.2) is 0 Å². The fourth-order valence-electron chi connectivity index (χ4n) is 1.04. The molecule has 0 saturated heterocycles. The van der Waals surface area contributed by atoms with Crippen LogP contribution in [-0.4, -0.2) is 26.6 Å². The molecule has 0 atom stereocenters. The van der Waals surface area contributed by atoms with Crippen molar-refractivity contribution in [2.75, 3.05) is 13.1 Å². The van der Waals surface area contributed by atoms with Gasteiger partial charge in [-0.1, -0.05) is 13.8 Å². The number of halogens is 2. The second-order valence-electron chi connectivity index (χ2n) is 2.83. The third-order valence-corrected chi connectivity index (χ3v) is 3.10. The monoisotopic (exact) mass is 181 g/mol. The van der Waals surface area contributed by atoms with Crippen LogP contribution < -0.4 is 0 Å². The molecular weight excluding hydrogens is 164 g/mol. The lowest BCUT2D eigenvalue weighted by molar-refractivity contribution is 0.335. The molecule has 0 aromatic rings. The first kappa shape index (κ1) is 11.0. The molecule has 0 saturated carbocycles. The van der Waals surface area contributed by atoms with Crippen molar-refractivity contribution in [3.8, 4) is 0 Å². The Kier molecular flexibility index (Phi) is 4.84. The van der Waals surface area contributed by atoms with Crippen molar-refractivity contribution in [3.63, 3.8) is 0 Å². The molecule has 0 fully saturated rings. The van der Waals surface area contributed by atoms with E-state index in [0.717, 1.165) is 19.4 Å². The molecule has 68 valence electrons. The van der Waals surface area contributed by atoms with Gasteiger partial charge in [-0.2, -0.15) is 0 Å². The SMILES string of the molecule is CCCN(CCC)[Si](C)(F)F. The van der Waals surface area contributed by atoms with E-state index >= 15 is 0 Å². The van der Waals surface area contributed by atoms with E-state index in [1.807, 2.05) is 13.8 Å². The summed E-state index contributed by atoms with van der Waals surface area (Å²) in [5.74, 6) is 0. The molecule has 0 radical (unpaired) electrons. The average Bonchev–Trinajstić information content (AvgIpc) is 1.85. The Morgan fingerprint density at radius 2 is 1.45 bits per heavy atom. The normalized spacial score (nSPS) is 12.5. The van der Waals surface area contributed by atoms with Crippen LogP contribution in [0.5, 0.6) is 0 Å². The first-order valence-corrected chi connectivity index (χ1v) is 6.35. The number of hydrogen-bond acceptors (Lipinski definition) is 1. The van der Waals surface area contributed by atoms with Gasteiger partial charge in [0.15, 0.2) is 0 Å². The highest BCUT2D eigenvalue weighted by Crippen LogP contribution is 2.13. The van der Waals surface area contributed by atoms with Gasteiger partial charge in [0.1, 0.15) is 0 Å². The maximum atomic E-state index is 12.8. The van der Waals surface area contributed by atoms with Crippen LogP contribution in [0.1, 0.15) is 26.7 Å². The summed E-state index contributed by atoms with van der Waals surface area (Å²) in [5, 5.41) is 0. The van der Waals surface area contributed by atoms with E-state index in [1.165, 1.54) is 4.57 Å². The largest absolute Gasteiger partial charge is 0.504 e. The van der Waals surface area contributed by atoms with E-state index in [1.54, 1.807) is 0 Å². The Morgan fingerprint density at radius 1 is 1.09 bits per heavy atom. The summed E-state index contributed by atoms with van der Waals surface area (Å²) in [4.78, 5) is 0. The van der Waals surface area contributed by atoms with E-state index in [9.17, 15) is 8.22 Å². The zero-order valence-corrected chi connectivity index (χ0v) is 8.53. The molecule has 0 aliphatic heterocycles. The van der Waals surface area contributed by atoms with Gasteiger partial charge < -0.3 is 0 Å². The molecule has 0 bridgehead atoms. The summed E-state index contributed by atoms with van der Waals surface area (Å²) in [7, 11) is -4.00. The molecule has 0 heterocycles. The van der Waals surface area contributed by atoms with Crippen LogP contribution in [0, 0.1) is 0 Å². The summed E-state index contributed by atoms with van der Waals surface area (Å²) in [6, 6.07) is 0. The second kappa shape index (κ2) is 4.82. The fraction of sp³-hybridized carbons (Fsp3) is 1.00. The van der Waals surface area contributed by atoms with Crippen molar-refractivity contribution < 1.29 is 8.22 Å². The molecule has 0 N–H and O–H groups in total. The highest BCUT2D eigenvalue weighted by Gasteiger charge is 2.35. The van der Waals surface area contributed by atoms with E-state index in [-0.39, 0.29) is 0 Å². The predicted molar refractivity (Wildman–Crippen MR) is 46.0 cm³/mol. The van der Waals surface area contributed by atoms with E-state index < -0.39 is 8.90 Å². The van der Waals surface area contributed by atoms with Crippen molar-refractivity contribution in [1.82, 2.24) is 4.57 Å². The van der Waals surface area contributed by atoms with Gasteiger partial charge in [0, 0.05) is 6.55 Å². The zero-order chi connectivity index (χ0) is 8.91. The van der Waals surface area contributed by atoms with Gasteiger partial charge in [0.2, 0.25) is 0 Å². The van der Waals surface area contributed by atoms with E-state index in [2.05, 4.69) is 0 Å². The minimum atomic E-state index is -4.00. The van der Waals surface area contributed by atoms with Crippen LogP contribution in [0.15, 0.2) is 0 Å².